The van der Waals surface area contributed by atoms with E-state index in [1.165, 1.54) is 127 Å². The molecule has 11 heteroatoms. The topological polar surface area (TPSA) is 86.6 Å². The van der Waals surface area contributed by atoms with Crippen LogP contribution in [0.2, 0.25) is 36.3 Å². The molecule has 8 aliphatic carbocycles. The van der Waals surface area contributed by atoms with Gasteiger partial charge in [0, 0.05) is 28.8 Å². The lowest BCUT2D eigenvalue weighted by atomic mass is 9.48. The van der Waals surface area contributed by atoms with Crippen molar-refractivity contribution in [3.05, 3.63) is 125 Å². The predicted octanol–water partition coefficient (Wildman–Crippen LogP) is 18.0. The molecule has 0 unspecified atom stereocenters. The predicted molar refractivity (Wildman–Crippen MR) is 346 cm³/mol. The van der Waals surface area contributed by atoms with Gasteiger partial charge >= 0.3 is 7.12 Å². The normalized spacial score (nSPS) is 26.2. The van der Waals surface area contributed by atoms with Crippen molar-refractivity contribution >= 4 is 66.7 Å². The molecule has 0 amide bonds. The fourth-order valence-corrected chi connectivity index (χ4v) is 18.0. The summed E-state index contributed by atoms with van der Waals surface area (Å²) in [6, 6.07) is 38.3. The van der Waals surface area contributed by atoms with Gasteiger partial charge in [-0.1, -0.05) is 106 Å². The molecule has 8 bridgehead atoms. The average molecular weight is 1190 g/mol. The van der Waals surface area contributed by atoms with Crippen LogP contribution >= 0.6 is 15.9 Å². The molecule has 1 aliphatic heterocycles. The maximum absolute atomic E-state index is 9.22. The van der Waals surface area contributed by atoms with Gasteiger partial charge in [-0.2, -0.15) is 0 Å². The SMILES string of the molecule is C1CCOC1.CC(C)(C)[Si](C)(C)Oc1ccc2cc(B(O)O)ccc2c1.COc1ccc(-c2ccc3cc(O[Si](C)(C)C(C)(C)C)ccc3c2)cc1C12CC3CC(CC(C3)C1)C2.COc1ccc(Br)cc1C12CC3CC(CC(C3)C1)C2. The van der Waals surface area contributed by atoms with Gasteiger partial charge in [0.05, 0.1) is 14.2 Å². The highest BCUT2D eigenvalue weighted by molar-refractivity contribution is 9.10. The lowest BCUT2D eigenvalue weighted by molar-refractivity contribution is -0.00630. The molecular formula is C70H94BBrO7Si2. The van der Waals surface area contributed by atoms with Crippen molar-refractivity contribution in [2.45, 2.75) is 179 Å². The van der Waals surface area contributed by atoms with E-state index in [2.05, 4.69) is 156 Å². The molecule has 6 aromatic rings. The molecule has 15 rings (SSSR count). The van der Waals surface area contributed by atoms with E-state index in [0.717, 1.165) is 82.5 Å². The molecule has 8 saturated carbocycles. The van der Waals surface area contributed by atoms with Gasteiger partial charge in [0.15, 0.2) is 0 Å². The Labute approximate surface area is 497 Å². The van der Waals surface area contributed by atoms with Gasteiger partial charge < -0.3 is 33.1 Å². The van der Waals surface area contributed by atoms with Gasteiger partial charge in [0.25, 0.3) is 0 Å². The van der Waals surface area contributed by atoms with Crippen LogP contribution in [0.25, 0.3) is 32.7 Å². The van der Waals surface area contributed by atoms with Crippen molar-refractivity contribution in [1.29, 1.82) is 0 Å². The average Bonchev–Trinajstić information content (AvgIpc) is 4.05. The monoisotopic (exact) mass is 1190 g/mol. The Bertz CT molecular complexity index is 3090. The Morgan fingerprint density at radius 1 is 0.481 bits per heavy atom. The molecule has 0 spiro atoms. The zero-order chi connectivity index (χ0) is 57.7. The first-order chi connectivity index (χ1) is 38.3. The van der Waals surface area contributed by atoms with E-state index < -0.39 is 23.8 Å². The summed E-state index contributed by atoms with van der Waals surface area (Å²) < 4.78 is 30.6. The first-order valence-electron chi connectivity index (χ1n) is 30.8. The smallest absolute Gasteiger partial charge is 0.488 e. The van der Waals surface area contributed by atoms with E-state index in [1.807, 2.05) is 38.5 Å². The molecule has 7 nitrogen and oxygen atoms in total. The summed E-state index contributed by atoms with van der Waals surface area (Å²) >= 11 is 3.65. The number of rotatable bonds is 10. The molecule has 1 heterocycles. The first-order valence-corrected chi connectivity index (χ1v) is 37.4. The quantitative estimate of drug-likeness (QED) is 0.132. The largest absolute Gasteiger partial charge is 0.543 e. The van der Waals surface area contributed by atoms with Crippen LogP contribution in [-0.4, -0.2) is 61.2 Å². The summed E-state index contributed by atoms with van der Waals surface area (Å²) in [4.78, 5) is 0. The van der Waals surface area contributed by atoms with E-state index in [1.54, 1.807) is 12.1 Å². The second kappa shape index (κ2) is 23.7. The molecule has 434 valence electrons. The van der Waals surface area contributed by atoms with Gasteiger partial charge in [0.2, 0.25) is 16.6 Å². The summed E-state index contributed by atoms with van der Waals surface area (Å²) in [5.74, 6) is 9.79. The summed E-state index contributed by atoms with van der Waals surface area (Å²) in [6.07, 6.45) is 19.7. The third-order valence-electron chi connectivity index (χ3n) is 21.0. The van der Waals surface area contributed by atoms with Gasteiger partial charge in [0.1, 0.15) is 23.0 Å². The zero-order valence-corrected chi connectivity index (χ0v) is 54.6. The Morgan fingerprint density at radius 3 is 1.26 bits per heavy atom. The van der Waals surface area contributed by atoms with E-state index in [9.17, 15) is 10.0 Å². The molecule has 0 aromatic heterocycles. The van der Waals surface area contributed by atoms with Crippen molar-refractivity contribution in [2.24, 2.45) is 35.5 Å². The number of halogens is 1. The standard InChI is InChI=1S/C33H42O2Si.C17H21BrO.C16H23BO3Si.C4H8O/c1-32(2,3)36(5,6)35-29-11-9-26-16-25(7-8-27(26)17-29)28-10-12-31(34-4)30(18-28)33-19-22-13-23(20-33)15-24(14-22)21-33;1-19-16-3-2-14(18)7-15(16)17-8-11-4-12(9-17)6-13(5-11)10-17;1-16(2,3)21(4,5)20-15-9-7-12-10-14(17(18)19)8-6-13(12)11-15;1-2-4-5-3-1/h7-12,16-18,22-24H,13-15,19-21H2,1-6H3;2-3,7,11-13H,4-6,8-10H2,1H3;6-11,18-19H,1-5H3;1-4H2. The third-order valence-corrected chi connectivity index (χ3v) is 30.3. The maximum Gasteiger partial charge on any atom is 0.488 e. The lowest BCUT2D eigenvalue weighted by Crippen LogP contribution is -2.48. The summed E-state index contributed by atoms with van der Waals surface area (Å²) in [6.45, 7) is 24.6. The van der Waals surface area contributed by atoms with Crippen LogP contribution in [0.3, 0.4) is 0 Å². The minimum absolute atomic E-state index is 0.160. The Morgan fingerprint density at radius 2 is 0.852 bits per heavy atom. The van der Waals surface area contributed by atoms with Gasteiger partial charge in [-0.3, -0.25) is 0 Å². The van der Waals surface area contributed by atoms with Gasteiger partial charge in [-0.05, 0) is 271 Å². The van der Waals surface area contributed by atoms with Crippen LogP contribution in [0, 0.1) is 35.5 Å². The number of hydrogen-bond donors (Lipinski definition) is 2. The van der Waals surface area contributed by atoms with Crippen molar-refractivity contribution in [2.75, 3.05) is 27.4 Å². The second-order valence-corrected chi connectivity index (χ2v) is 39.4. The molecule has 6 aromatic carbocycles. The number of ether oxygens (including phenoxy) is 3. The molecule has 2 N–H and O–H groups in total. The van der Waals surface area contributed by atoms with E-state index in [-0.39, 0.29) is 10.1 Å². The Kier molecular flexibility index (Phi) is 17.6. The van der Waals surface area contributed by atoms with E-state index in [4.69, 9.17) is 23.1 Å². The summed E-state index contributed by atoms with van der Waals surface area (Å²) in [5.41, 5.74) is 6.79. The van der Waals surface area contributed by atoms with Gasteiger partial charge in [-0.15, -0.1) is 0 Å². The molecule has 1 saturated heterocycles. The number of fused-ring (bicyclic) bond motifs is 2. The van der Waals surface area contributed by atoms with Crippen molar-refractivity contribution < 1.29 is 33.1 Å². The van der Waals surface area contributed by atoms with Crippen LogP contribution in [0.15, 0.2) is 114 Å². The van der Waals surface area contributed by atoms with Crippen LogP contribution < -0.4 is 23.8 Å². The van der Waals surface area contributed by atoms with Crippen LogP contribution in [0.4, 0.5) is 0 Å². The maximum atomic E-state index is 9.22. The summed E-state index contributed by atoms with van der Waals surface area (Å²) in [5, 5.41) is 23.3. The molecule has 0 atom stereocenters. The number of hydrogen-bond acceptors (Lipinski definition) is 7. The van der Waals surface area contributed by atoms with Crippen molar-refractivity contribution in [3.8, 4) is 34.1 Å². The number of methoxy groups -OCH3 is 2. The highest BCUT2D eigenvalue weighted by Gasteiger charge is 2.54. The molecular weight excluding hydrogens is 1100 g/mol. The molecule has 81 heavy (non-hydrogen) atoms. The minimum Gasteiger partial charge on any atom is -0.543 e. The molecule has 9 fully saturated rings. The lowest BCUT2D eigenvalue weighted by Gasteiger charge is -2.57. The minimum atomic E-state index is -1.85. The van der Waals surface area contributed by atoms with Crippen LogP contribution in [-0.2, 0) is 15.6 Å². The van der Waals surface area contributed by atoms with E-state index in [0.29, 0.717) is 16.3 Å². The highest BCUT2D eigenvalue weighted by atomic mass is 79.9. The fourth-order valence-electron chi connectivity index (χ4n) is 15.6. The fraction of sp³-hybridized carbons (Fsp3) is 0.543. The van der Waals surface area contributed by atoms with Crippen molar-refractivity contribution in [3.63, 3.8) is 0 Å². The van der Waals surface area contributed by atoms with Crippen LogP contribution in [0.5, 0.6) is 23.0 Å². The Balaban J connectivity index is 0.000000139. The Hall–Kier alpha value is -4.10. The van der Waals surface area contributed by atoms with Gasteiger partial charge in [-0.25, -0.2) is 0 Å². The highest BCUT2D eigenvalue weighted by Crippen LogP contribution is 2.63. The van der Waals surface area contributed by atoms with Crippen molar-refractivity contribution in [1.82, 2.24) is 0 Å². The number of benzene rings is 6. The molecule has 0 radical (unpaired) electrons. The first kappa shape index (κ1) is 60.0. The molecule has 9 aliphatic rings. The van der Waals surface area contributed by atoms with Crippen LogP contribution in [0.1, 0.15) is 143 Å². The van der Waals surface area contributed by atoms with E-state index >= 15 is 0 Å². The zero-order valence-electron chi connectivity index (χ0n) is 51.1. The third kappa shape index (κ3) is 13.2. The summed E-state index contributed by atoms with van der Waals surface area (Å²) in [7, 11) is -1.47. The second-order valence-electron chi connectivity index (χ2n) is 29.1.